The van der Waals surface area contributed by atoms with E-state index >= 15 is 0 Å². The van der Waals surface area contributed by atoms with E-state index in [1.54, 1.807) is 0 Å². The zero-order valence-corrected chi connectivity index (χ0v) is 51.5. The minimum atomic E-state index is 0. The highest BCUT2D eigenvalue weighted by Crippen LogP contribution is 2.20. The summed E-state index contributed by atoms with van der Waals surface area (Å²) in [6.45, 7) is 8.95. The van der Waals surface area contributed by atoms with E-state index in [0.29, 0.717) is 0 Å². The van der Waals surface area contributed by atoms with Gasteiger partial charge < -0.3 is 0 Å². The second-order valence-corrected chi connectivity index (χ2v) is 23.9. The number of halogens is 2. The van der Waals surface area contributed by atoms with Crippen molar-refractivity contribution in [1.82, 2.24) is 0 Å². The number of hydrogen-bond donors (Lipinski definition) is 0. The number of rotatable bonds is 8. The van der Waals surface area contributed by atoms with Gasteiger partial charge in [0, 0.05) is 0 Å². The zero-order valence-electron chi connectivity index (χ0n) is 51.5. The lowest BCUT2D eigenvalue weighted by Crippen LogP contribution is -1.85. The summed E-state index contributed by atoms with van der Waals surface area (Å²) >= 11 is 0. The molecule has 10 aliphatic rings. The molecule has 0 unspecified atom stereocenters. The van der Waals surface area contributed by atoms with Crippen LogP contribution in [0.2, 0.25) is 0 Å². The molecular weight excluding hydrogens is 879 g/mol. The van der Waals surface area contributed by atoms with Crippen molar-refractivity contribution in [2.75, 3.05) is 0 Å². The van der Waals surface area contributed by atoms with Crippen molar-refractivity contribution in [2.45, 2.75) is 451 Å². The molecule has 0 saturated heterocycles. The van der Waals surface area contributed by atoms with Gasteiger partial charge in [0.2, 0.25) is 0 Å². The second-order valence-electron chi connectivity index (χ2n) is 23.9. The largest absolute Gasteiger partial charge is 0.269 e. The van der Waals surface area contributed by atoms with Crippen molar-refractivity contribution in [1.29, 1.82) is 0 Å². The molecule has 0 aromatic carbocycles. The second kappa shape index (κ2) is 79.7. The Labute approximate surface area is 458 Å². The van der Waals surface area contributed by atoms with Crippen molar-refractivity contribution < 1.29 is 9.41 Å². The van der Waals surface area contributed by atoms with Gasteiger partial charge in [0.15, 0.2) is 0 Å². The Bertz CT molecular complexity index is 575. The first-order chi connectivity index (χ1) is 34.8. The molecule has 0 aromatic rings. The predicted octanol–water partition coefficient (Wildman–Crippen LogP) is 28.1. The molecule has 10 rings (SSSR count). The summed E-state index contributed by atoms with van der Waals surface area (Å²) in [6.07, 6.45) is 98.0. The molecule has 0 aliphatic heterocycles. The maximum atomic E-state index is 2.26. The molecule has 0 aromatic heterocycles. The zero-order chi connectivity index (χ0) is 50.7. The lowest BCUT2D eigenvalue weighted by atomic mass is 10.0. The molecule has 2 heteroatoms. The summed E-state index contributed by atoms with van der Waals surface area (Å²) in [4.78, 5) is 0. The average molecular weight is 1030 g/mol. The summed E-state index contributed by atoms with van der Waals surface area (Å²) < 4.78 is 0. The van der Waals surface area contributed by atoms with Crippen LogP contribution in [0, 0.1) is 0 Å². The summed E-state index contributed by atoms with van der Waals surface area (Å²) in [6, 6.07) is 0. The van der Waals surface area contributed by atoms with Gasteiger partial charge in [-0.15, -0.1) is 0 Å². The minimum Gasteiger partial charge on any atom is -0.269 e. The van der Waals surface area contributed by atoms with Crippen LogP contribution in [0.25, 0.3) is 0 Å². The summed E-state index contributed by atoms with van der Waals surface area (Å²) in [5.74, 6) is 0. The Kier molecular flexibility index (Phi) is 86.8. The standard InChI is InChI=1S/C9H20.C8H16.5C6H12.2C5H10.C5H12.2C4H8.2FH/c1-3-5-7-9-8-6-4-2;1-2-4-6-8-7-5-3-1;5*1-2-4-6-5-3-1;2*1-2-4-5-3-1;1-3-5-4-2;2*1-2-4-3-1;;/h3-9H2,1-2H3;1-8H2;5*1-6H2;2*1-5H2;3-5H2,1-2H3;2*1-4H2;2*1H. The molecule has 0 amide bonds. The highest BCUT2D eigenvalue weighted by Gasteiger charge is 2.00. The molecule has 0 bridgehead atoms. The molecule has 10 saturated carbocycles. The van der Waals surface area contributed by atoms with Gasteiger partial charge in [-0.1, -0.05) is 451 Å². The fraction of sp³-hybridized carbons (Fsp3) is 1.00. The van der Waals surface area contributed by atoms with E-state index in [1.807, 2.05) is 0 Å². The summed E-state index contributed by atoms with van der Waals surface area (Å²) in [5, 5.41) is 0. The first-order valence-electron chi connectivity index (χ1n) is 34.8. The Balaban J connectivity index is -0.000000351. The van der Waals surface area contributed by atoms with Gasteiger partial charge in [-0.3, -0.25) is 9.41 Å². The van der Waals surface area contributed by atoms with Crippen molar-refractivity contribution in [3.05, 3.63) is 0 Å². The lowest BCUT2D eigenvalue weighted by molar-refractivity contribution is 0.504. The van der Waals surface area contributed by atoms with E-state index in [2.05, 4.69) is 27.7 Å². The van der Waals surface area contributed by atoms with Crippen molar-refractivity contribution >= 4 is 0 Å². The van der Waals surface area contributed by atoms with Crippen molar-refractivity contribution in [3.63, 3.8) is 0 Å². The minimum absolute atomic E-state index is 0. The van der Waals surface area contributed by atoms with Crippen LogP contribution in [0.5, 0.6) is 0 Å². The number of hydrogen-bond acceptors (Lipinski definition) is 0. The Morgan fingerprint density at radius 3 is 0.236 bits per heavy atom. The van der Waals surface area contributed by atoms with Gasteiger partial charge in [-0.2, -0.15) is 0 Å². The van der Waals surface area contributed by atoms with Crippen molar-refractivity contribution in [2.24, 2.45) is 0 Å². The average Bonchev–Trinajstić information content (AvgIpc) is 4.19. The molecule has 10 fully saturated rings. The third-order valence-corrected chi connectivity index (χ3v) is 16.4. The molecule has 10 aliphatic carbocycles. The quantitative estimate of drug-likeness (QED) is 0.213. The highest BCUT2D eigenvalue weighted by atomic mass is 19.0. The van der Waals surface area contributed by atoms with Crippen LogP contribution >= 0.6 is 0 Å². The Morgan fingerprint density at radius 1 is 0.111 bits per heavy atom. The van der Waals surface area contributed by atoms with Gasteiger partial charge >= 0.3 is 0 Å². The summed E-state index contributed by atoms with van der Waals surface area (Å²) in [7, 11) is 0. The van der Waals surface area contributed by atoms with E-state index in [0.717, 1.165) is 0 Å². The van der Waals surface area contributed by atoms with E-state index in [4.69, 9.17) is 0 Å². The van der Waals surface area contributed by atoms with Gasteiger partial charge in [0.05, 0.1) is 0 Å². The Morgan fingerprint density at radius 2 is 0.181 bits per heavy atom. The van der Waals surface area contributed by atoms with Gasteiger partial charge in [0.25, 0.3) is 0 Å². The third-order valence-electron chi connectivity index (χ3n) is 16.4. The first kappa shape index (κ1) is 78.4. The fourth-order valence-corrected chi connectivity index (χ4v) is 10.4. The molecule has 440 valence electrons. The maximum absolute atomic E-state index is 2.26. The smallest absolute Gasteiger partial charge is 0.0533 e. The monoisotopic (exact) mass is 1030 g/mol. The van der Waals surface area contributed by atoms with E-state index in [1.165, 1.54) is 424 Å². The first-order valence-corrected chi connectivity index (χ1v) is 34.8. The third kappa shape index (κ3) is 81.2. The molecule has 0 atom stereocenters. The van der Waals surface area contributed by atoms with Crippen LogP contribution in [0.4, 0.5) is 9.41 Å². The lowest BCUT2D eigenvalue weighted by Gasteiger charge is -2.05. The molecule has 0 spiro atoms. The van der Waals surface area contributed by atoms with Crippen LogP contribution in [0.3, 0.4) is 0 Å². The molecule has 0 heterocycles. The van der Waals surface area contributed by atoms with Gasteiger partial charge in [-0.25, -0.2) is 0 Å². The summed E-state index contributed by atoms with van der Waals surface area (Å²) in [5.41, 5.74) is 0. The van der Waals surface area contributed by atoms with E-state index in [-0.39, 0.29) is 9.41 Å². The molecule has 0 N–H and O–H groups in total. The Hall–Kier alpha value is -0.140. The molecular formula is C70H146F2. The topological polar surface area (TPSA) is 0 Å². The fourth-order valence-electron chi connectivity index (χ4n) is 10.4. The molecule has 72 heavy (non-hydrogen) atoms. The normalized spacial score (nSPS) is 20.5. The van der Waals surface area contributed by atoms with Gasteiger partial charge in [-0.05, 0) is 0 Å². The number of unbranched alkanes of at least 4 members (excludes halogenated alkanes) is 8. The molecule has 0 nitrogen and oxygen atoms in total. The van der Waals surface area contributed by atoms with Gasteiger partial charge in [0.1, 0.15) is 0 Å². The van der Waals surface area contributed by atoms with E-state index < -0.39 is 0 Å². The molecule has 0 radical (unpaired) electrons. The van der Waals surface area contributed by atoms with E-state index in [9.17, 15) is 0 Å². The highest BCUT2D eigenvalue weighted by molar-refractivity contribution is 4.56. The maximum Gasteiger partial charge on any atom is -0.0533 e. The van der Waals surface area contributed by atoms with Crippen LogP contribution in [-0.4, -0.2) is 0 Å². The van der Waals surface area contributed by atoms with Crippen molar-refractivity contribution in [3.8, 4) is 0 Å². The van der Waals surface area contributed by atoms with Crippen LogP contribution < -0.4 is 0 Å². The SMILES string of the molecule is C1CCC1.C1CCC1.C1CCCC1.C1CCCC1.C1CCCCC1.C1CCCCC1.C1CCCCC1.C1CCCCC1.C1CCCCC1.C1CCCCCCC1.CCCCC.CCCCCCCCC.F.F. The van der Waals surface area contributed by atoms with Crippen LogP contribution in [0.1, 0.15) is 451 Å². The van der Waals surface area contributed by atoms with Crippen LogP contribution in [-0.2, 0) is 0 Å². The van der Waals surface area contributed by atoms with Crippen LogP contribution in [0.15, 0.2) is 0 Å². The predicted molar refractivity (Wildman–Crippen MR) is 332 cm³/mol.